The molecule has 2 heterocycles. The molecule has 0 saturated heterocycles. The molecule has 1 saturated carbocycles. The number of furan rings is 1. The van der Waals surface area contributed by atoms with Crippen molar-refractivity contribution in [3.8, 4) is 0 Å². The summed E-state index contributed by atoms with van der Waals surface area (Å²) in [5, 5.41) is 2.86. The lowest BCUT2D eigenvalue weighted by molar-refractivity contribution is 0.0948. The van der Waals surface area contributed by atoms with Crippen molar-refractivity contribution in [1.29, 1.82) is 0 Å². The van der Waals surface area contributed by atoms with Gasteiger partial charge in [-0.2, -0.15) is 0 Å². The molecule has 1 aliphatic rings. The van der Waals surface area contributed by atoms with E-state index in [2.05, 4.69) is 14.9 Å². The van der Waals surface area contributed by atoms with Crippen molar-refractivity contribution in [3.05, 3.63) is 54.2 Å². The Morgan fingerprint density at radius 1 is 1.30 bits per heavy atom. The first-order valence-electron chi connectivity index (χ1n) is 8.08. The van der Waals surface area contributed by atoms with Gasteiger partial charge in [0.2, 0.25) is 0 Å². The number of nitrogens with zero attached hydrogens (tertiary/aromatic N) is 2. The summed E-state index contributed by atoms with van der Waals surface area (Å²) in [6, 6.07) is 9.93. The van der Waals surface area contributed by atoms with Crippen LogP contribution in [0.2, 0.25) is 0 Å². The van der Waals surface area contributed by atoms with Gasteiger partial charge in [-0.15, -0.1) is 0 Å². The van der Waals surface area contributed by atoms with Gasteiger partial charge in [0.15, 0.2) is 0 Å². The van der Waals surface area contributed by atoms with Gasteiger partial charge in [0, 0.05) is 11.6 Å². The summed E-state index contributed by atoms with van der Waals surface area (Å²) in [6.45, 7) is 0.389. The fourth-order valence-electron chi connectivity index (χ4n) is 3.33. The lowest BCUT2D eigenvalue weighted by atomic mass is 10.1. The molecule has 0 unspecified atom stereocenters. The zero-order valence-corrected chi connectivity index (χ0v) is 12.9. The average Bonchev–Trinajstić information content (AvgIpc) is 3.31. The number of hydrogen-bond donors (Lipinski definition) is 1. The predicted molar refractivity (Wildman–Crippen MR) is 87.1 cm³/mol. The van der Waals surface area contributed by atoms with Crippen LogP contribution in [0.4, 0.5) is 0 Å². The van der Waals surface area contributed by atoms with Crippen molar-refractivity contribution in [3.63, 3.8) is 0 Å². The molecule has 1 fully saturated rings. The van der Waals surface area contributed by atoms with Crippen molar-refractivity contribution in [2.75, 3.05) is 0 Å². The van der Waals surface area contributed by atoms with E-state index in [0.29, 0.717) is 18.2 Å². The number of rotatable bonds is 4. The molecular weight excluding hydrogens is 290 g/mol. The molecule has 1 N–H and O–H groups in total. The van der Waals surface area contributed by atoms with Gasteiger partial charge in [0.1, 0.15) is 5.76 Å². The van der Waals surface area contributed by atoms with Gasteiger partial charge < -0.3 is 14.3 Å². The Morgan fingerprint density at radius 2 is 2.17 bits per heavy atom. The normalized spacial score (nSPS) is 15.3. The van der Waals surface area contributed by atoms with E-state index in [1.807, 2.05) is 36.7 Å². The molecule has 0 bridgehead atoms. The number of hydrogen-bond acceptors (Lipinski definition) is 3. The second kappa shape index (κ2) is 5.91. The van der Waals surface area contributed by atoms with Gasteiger partial charge in [-0.05, 0) is 43.2 Å². The number of fused-ring (bicyclic) bond motifs is 1. The fraction of sp³-hybridized carbons (Fsp3) is 0.333. The molecule has 1 aromatic carbocycles. The van der Waals surface area contributed by atoms with Crippen LogP contribution in [-0.4, -0.2) is 15.5 Å². The minimum absolute atomic E-state index is 0.112. The van der Waals surface area contributed by atoms with E-state index < -0.39 is 0 Å². The summed E-state index contributed by atoms with van der Waals surface area (Å²) in [7, 11) is 0. The second-order valence-electron chi connectivity index (χ2n) is 6.06. The van der Waals surface area contributed by atoms with E-state index in [1.54, 1.807) is 6.26 Å². The zero-order chi connectivity index (χ0) is 15.6. The zero-order valence-electron chi connectivity index (χ0n) is 12.9. The van der Waals surface area contributed by atoms with Crippen LogP contribution in [0.1, 0.15) is 47.8 Å². The van der Waals surface area contributed by atoms with Crippen molar-refractivity contribution >= 4 is 16.9 Å². The molecule has 0 atom stereocenters. The van der Waals surface area contributed by atoms with Gasteiger partial charge in [-0.3, -0.25) is 4.79 Å². The van der Waals surface area contributed by atoms with Crippen LogP contribution in [-0.2, 0) is 6.54 Å². The maximum Gasteiger partial charge on any atom is 0.251 e. The van der Waals surface area contributed by atoms with Gasteiger partial charge in [0.25, 0.3) is 5.91 Å². The van der Waals surface area contributed by atoms with Crippen molar-refractivity contribution in [1.82, 2.24) is 14.9 Å². The van der Waals surface area contributed by atoms with Gasteiger partial charge >= 0.3 is 0 Å². The molecule has 118 valence electrons. The minimum Gasteiger partial charge on any atom is -0.467 e. The molecular formula is C18H19N3O2. The maximum absolute atomic E-state index is 12.3. The number of benzene rings is 1. The number of carbonyl (C=O) groups excluding carboxylic acids is 1. The molecule has 0 spiro atoms. The van der Waals surface area contributed by atoms with E-state index in [9.17, 15) is 4.79 Å². The molecule has 2 aromatic heterocycles. The Balaban J connectivity index is 1.53. The molecule has 1 aliphatic carbocycles. The Kier molecular flexibility index (Phi) is 3.61. The van der Waals surface area contributed by atoms with E-state index in [4.69, 9.17) is 4.42 Å². The number of imidazole rings is 1. The molecule has 5 heteroatoms. The highest BCUT2D eigenvalue weighted by molar-refractivity contribution is 5.97. The monoisotopic (exact) mass is 309 g/mol. The third kappa shape index (κ3) is 2.74. The van der Waals surface area contributed by atoms with Crippen LogP contribution >= 0.6 is 0 Å². The van der Waals surface area contributed by atoms with Gasteiger partial charge in [-0.1, -0.05) is 12.8 Å². The van der Waals surface area contributed by atoms with Crippen LogP contribution in [0, 0.1) is 0 Å². The molecule has 3 aromatic rings. The summed E-state index contributed by atoms with van der Waals surface area (Å²) in [5.74, 6) is 0.628. The van der Waals surface area contributed by atoms with E-state index in [0.717, 1.165) is 16.8 Å². The first-order valence-corrected chi connectivity index (χ1v) is 8.08. The van der Waals surface area contributed by atoms with Crippen LogP contribution in [0.25, 0.3) is 11.0 Å². The Bertz CT molecular complexity index is 814. The van der Waals surface area contributed by atoms with Crippen LogP contribution in [0.3, 0.4) is 0 Å². The third-order valence-corrected chi connectivity index (χ3v) is 4.56. The lowest BCUT2D eigenvalue weighted by Crippen LogP contribution is -2.22. The smallest absolute Gasteiger partial charge is 0.251 e. The SMILES string of the molecule is O=C(NCc1ccco1)c1ccc2c(c1)ncn2C1CCCC1. The summed E-state index contributed by atoms with van der Waals surface area (Å²) in [6.07, 6.45) is 8.53. The summed E-state index contributed by atoms with van der Waals surface area (Å²) in [4.78, 5) is 16.7. The second-order valence-corrected chi connectivity index (χ2v) is 6.06. The molecule has 1 amide bonds. The van der Waals surface area contributed by atoms with Crippen LogP contribution in [0.5, 0.6) is 0 Å². The van der Waals surface area contributed by atoms with Gasteiger partial charge in [-0.25, -0.2) is 4.98 Å². The standard InChI is InChI=1S/C18H19N3O2/c22-18(19-11-15-6-3-9-23-15)13-7-8-17-16(10-13)20-12-21(17)14-4-1-2-5-14/h3,6-10,12,14H,1-2,4-5,11H2,(H,19,22). The Hall–Kier alpha value is -2.56. The number of aromatic nitrogens is 2. The van der Waals surface area contributed by atoms with E-state index in [1.165, 1.54) is 25.7 Å². The highest BCUT2D eigenvalue weighted by atomic mass is 16.3. The van der Waals surface area contributed by atoms with Crippen LogP contribution in [0.15, 0.2) is 47.3 Å². The first kappa shape index (κ1) is 14.1. The van der Waals surface area contributed by atoms with E-state index in [-0.39, 0.29) is 5.91 Å². The quantitative estimate of drug-likeness (QED) is 0.800. The van der Waals surface area contributed by atoms with Gasteiger partial charge in [0.05, 0.1) is 30.2 Å². The third-order valence-electron chi connectivity index (χ3n) is 4.56. The molecule has 0 aliphatic heterocycles. The summed E-state index contributed by atoms with van der Waals surface area (Å²) >= 11 is 0. The minimum atomic E-state index is -0.112. The predicted octanol–water partition coefficient (Wildman–Crippen LogP) is 3.67. The number of carbonyl (C=O) groups is 1. The summed E-state index contributed by atoms with van der Waals surface area (Å²) in [5.41, 5.74) is 2.61. The Labute approximate surface area is 134 Å². The lowest BCUT2D eigenvalue weighted by Gasteiger charge is -2.12. The molecule has 0 radical (unpaired) electrons. The highest BCUT2D eigenvalue weighted by Gasteiger charge is 2.19. The van der Waals surface area contributed by atoms with Crippen LogP contribution < -0.4 is 5.32 Å². The van der Waals surface area contributed by atoms with Crippen molar-refractivity contribution in [2.24, 2.45) is 0 Å². The number of amides is 1. The maximum atomic E-state index is 12.3. The Morgan fingerprint density at radius 3 is 2.96 bits per heavy atom. The molecule has 23 heavy (non-hydrogen) atoms. The topological polar surface area (TPSA) is 60.1 Å². The largest absolute Gasteiger partial charge is 0.467 e. The highest BCUT2D eigenvalue weighted by Crippen LogP contribution is 2.32. The van der Waals surface area contributed by atoms with Crippen molar-refractivity contribution < 1.29 is 9.21 Å². The van der Waals surface area contributed by atoms with Crippen molar-refractivity contribution in [2.45, 2.75) is 38.3 Å². The molecule has 5 nitrogen and oxygen atoms in total. The number of nitrogens with one attached hydrogen (secondary N) is 1. The summed E-state index contributed by atoms with van der Waals surface area (Å²) < 4.78 is 7.48. The molecule has 4 rings (SSSR count). The fourth-order valence-corrected chi connectivity index (χ4v) is 3.33. The van der Waals surface area contributed by atoms with E-state index >= 15 is 0 Å². The first-order chi connectivity index (χ1) is 11.3. The average molecular weight is 309 g/mol.